The fourth-order valence-electron chi connectivity index (χ4n) is 3.88. The Bertz CT molecular complexity index is 1430. The van der Waals surface area contributed by atoms with Crippen LogP contribution >= 0.6 is 23.2 Å². The number of carbonyl (C=O) groups is 2. The van der Waals surface area contributed by atoms with Gasteiger partial charge in [0, 0.05) is 13.1 Å². The number of anilines is 1. The van der Waals surface area contributed by atoms with E-state index in [9.17, 15) is 18.0 Å². The number of nitrogens with zero attached hydrogens (tertiary/aromatic N) is 2. The van der Waals surface area contributed by atoms with Crippen LogP contribution in [0.1, 0.15) is 25.0 Å². The Morgan fingerprint density at radius 1 is 1.00 bits per heavy atom. The van der Waals surface area contributed by atoms with Crippen molar-refractivity contribution in [2.24, 2.45) is 0 Å². The fourth-order valence-corrected chi connectivity index (χ4v) is 5.58. The first-order valence-corrected chi connectivity index (χ1v) is 14.4. The standard InChI is InChI=1S/C28H31Cl2N3O5S/c1-5-31-28(35)20(3)32(17-21-7-6-8-23(15-21)38-4)27(34)18-33(22-11-14-25(29)26(30)16-22)39(36,37)24-12-9-19(2)10-13-24/h6-16,20H,5,17-18H2,1-4H3,(H,31,35)/t20-/m0/s1. The third-order valence-electron chi connectivity index (χ3n) is 6.08. The summed E-state index contributed by atoms with van der Waals surface area (Å²) in [6.07, 6.45) is 0. The average molecular weight is 593 g/mol. The number of hydrogen-bond acceptors (Lipinski definition) is 5. The highest BCUT2D eigenvalue weighted by Gasteiger charge is 2.32. The highest BCUT2D eigenvalue weighted by molar-refractivity contribution is 7.92. The Kier molecular flexibility index (Phi) is 10.2. The number of sulfonamides is 1. The number of benzene rings is 3. The maximum Gasteiger partial charge on any atom is 0.264 e. The van der Waals surface area contributed by atoms with Crippen LogP contribution in [0.15, 0.2) is 71.6 Å². The second kappa shape index (κ2) is 13.2. The average Bonchev–Trinajstić information content (AvgIpc) is 2.92. The third-order valence-corrected chi connectivity index (χ3v) is 8.61. The molecule has 1 N–H and O–H groups in total. The molecule has 11 heteroatoms. The van der Waals surface area contributed by atoms with E-state index in [1.54, 1.807) is 50.2 Å². The van der Waals surface area contributed by atoms with E-state index in [0.717, 1.165) is 9.87 Å². The molecule has 0 aliphatic rings. The first kappa shape index (κ1) is 30.3. The van der Waals surface area contributed by atoms with Crippen molar-refractivity contribution in [3.63, 3.8) is 0 Å². The number of carbonyl (C=O) groups excluding carboxylic acids is 2. The Morgan fingerprint density at radius 3 is 2.31 bits per heavy atom. The van der Waals surface area contributed by atoms with E-state index in [0.29, 0.717) is 17.9 Å². The molecule has 0 heterocycles. The minimum absolute atomic E-state index is 0.00286. The molecule has 0 saturated carbocycles. The lowest BCUT2D eigenvalue weighted by atomic mass is 10.1. The SMILES string of the molecule is CCNC(=O)[C@H](C)N(Cc1cccc(OC)c1)C(=O)CN(c1ccc(Cl)c(Cl)c1)S(=O)(=O)c1ccc(C)cc1. The van der Waals surface area contributed by atoms with Crippen LogP contribution in [0, 0.1) is 6.92 Å². The topological polar surface area (TPSA) is 96.0 Å². The van der Waals surface area contributed by atoms with Crippen LogP contribution in [0.3, 0.4) is 0 Å². The first-order chi connectivity index (χ1) is 18.5. The Labute approximate surface area is 239 Å². The molecule has 1 atom stereocenters. The molecule has 0 bridgehead atoms. The molecular weight excluding hydrogens is 561 g/mol. The molecule has 3 rings (SSSR count). The molecule has 0 unspecified atom stereocenters. The zero-order valence-electron chi connectivity index (χ0n) is 22.1. The highest BCUT2D eigenvalue weighted by atomic mass is 35.5. The molecule has 0 spiro atoms. The van der Waals surface area contributed by atoms with Crippen molar-refractivity contribution >= 4 is 50.7 Å². The van der Waals surface area contributed by atoms with Crippen molar-refractivity contribution in [3.8, 4) is 5.75 Å². The van der Waals surface area contributed by atoms with E-state index in [1.807, 2.05) is 6.92 Å². The van der Waals surface area contributed by atoms with Crippen molar-refractivity contribution in [1.82, 2.24) is 10.2 Å². The maximum atomic E-state index is 13.9. The molecule has 3 aromatic carbocycles. The van der Waals surface area contributed by atoms with Gasteiger partial charge in [0.1, 0.15) is 18.3 Å². The quantitative estimate of drug-likeness (QED) is 0.336. The van der Waals surface area contributed by atoms with Gasteiger partial charge in [0.05, 0.1) is 27.7 Å². The second-order valence-corrected chi connectivity index (χ2v) is 11.5. The largest absolute Gasteiger partial charge is 0.497 e. The van der Waals surface area contributed by atoms with Gasteiger partial charge < -0.3 is 15.0 Å². The molecule has 39 heavy (non-hydrogen) atoms. The van der Waals surface area contributed by atoms with Crippen molar-refractivity contribution in [3.05, 3.63) is 87.9 Å². The molecule has 0 aliphatic heterocycles. The lowest BCUT2D eigenvalue weighted by Crippen LogP contribution is -2.51. The van der Waals surface area contributed by atoms with Gasteiger partial charge >= 0.3 is 0 Å². The van der Waals surface area contributed by atoms with Gasteiger partial charge in [-0.2, -0.15) is 0 Å². The van der Waals surface area contributed by atoms with Crippen LogP contribution < -0.4 is 14.4 Å². The van der Waals surface area contributed by atoms with Gasteiger partial charge in [0.25, 0.3) is 10.0 Å². The Morgan fingerprint density at radius 2 is 1.69 bits per heavy atom. The number of amides is 2. The predicted octanol–water partition coefficient (Wildman–Crippen LogP) is 5.06. The molecular formula is C28H31Cl2N3O5S. The number of rotatable bonds is 11. The van der Waals surface area contributed by atoms with E-state index < -0.39 is 28.5 Å². The summed E-state index contributed by atoms with van der Waals surface area (Å²) in [6, 6.07) is 16.8. The number of likely N-dealkylation sites (N-methyl/N-ethyl adjacent to an activating group) is 1. The summed E-state index contributed by atoms with van der Waals surface area (Å²) in [5.41, 5.74) is 1.75. The number of hydrogen-bond donors (Lipinski definition) is 1. The summed E-state index contributed by atoms with van der Waals surface area (Å²) in [7, 11) is -2.67. The molecule has 0 aliphatic carbocycles. The van der Waals surface area contributed by atoms with E-state index >= 15 is 0 Å². The van der Waals surface area contributed by atoms with Crippen LogP contribution in [-0.2, 0) is 26.2 Å². The maximum absolute atomic E-state index is 13.9. The Balaban J connectivity index is 2.06. The molecule has 208 valence electrons. The molecule has 8 nitrogen and oxygen atoms in total. The van der Waals surface area contributed by atoms with Crippen LogP contribution in [0.25, 0.3) is 0 Å². The van der Waals surface area contributed by atoms with Crippen LogP contribution in [0.5, 0.6) is 5.75 Å². The van der Waals surface area contributed by atoms with Crippen molar-refractivity contribution in [1.29, 1.82) is 0 Å². The first-order valence-electron chi connectivity index (χ1n) is 12.2. The molecule has 2 amide bonds. The van der Waals surface area contributed by atoms with Gasteiger partial charge in [-0.3, -0.25) is 13.9 Å². The zero-order chi connectivity index (χ0) is 28.7. The summed E-state index contributed by atoms with van der Waals surface area (Å²) in [5.74, 6) is -0.362. The fraction of sp³-hybridized carbons (Fsp3) is 0.286. The van der Waals surface area contributed by atoms with Crippen molar-refractivity contribution < 1.29 is 22.7 Å². The van der Waals surface area contributed by atoms with Gasteiger partial charge in [0.2, 0.25) is 11.8 Å². The van der Waals surface area contributed by atoms with Gasteiger partial charge in [-0.15, -0.1) is 0 Å². The van der Waals surface area contributed by atoms with Gasteiger partial charge in [-0.25, -0.2) is 8.42 Å². The molecule has 0 fully saturated rings. The van der Waals surface area contributed by atoms with E-state index in [-0.39, 0.29) is 33.1 Å². The van der Waals surface area contributed by atoms with Gasteiger partial charge in [0.15, 0.2) is 0 Å². The number of methoxy groups -OCH3 is 1. The third kappa shape index (κ3) is 7.44. The number of aryl methyl sites for hydroxylation is 1. The van der Waals surface area contributed by atoms with Gasteiger partial charge in [-0.05, 0) is 68.8 Å². The predicted molar refractivity (Wildman–Crippen MR) is 154 cm³/mol. The summed E-state index contributed by atoms with van der Waals surface area (Å²) < 4.78 is 33.9. The van der Waals surface area contributed by atoms with Gasteiger partial charge in [-0.1, -0.05) is 53.0 Å². The number of ether oxygens (including phenoxy) is 1. The lowest BCUT2D eigenvalue weighted by Gasteiger charge is -2.32. The smallest absolute Gasteiger partial charge is 0.264 e. The molecule has 0 saturated heterocycles. The zero-order valence-corrected chi connectivity index (χ0v) is 24.5. The van der Waals surface area contributed by atoms with Crippen LogP contribution in [-0.4, -0.2) is 51.4 Å². The van der Waals surface area contributed by atoms with Crippen molar-refractivity contribution in [2.75, 3.05) is 24.5 Å². The molecule has 0 aromatic heterocycles. The number of halogens is 2. The second-order valence-electron chi connectivity index (χ2n) is 8.87. The number of nitrogens with one attached hydrogen (secondary N) is 1. The summed E-state index contributed by atoms with van der Waals surface area (Å²) in [6.45, 7) is 5.06. The molecule has 0 radical (unpaired) electrons. The van der Waals surface area contributed by atoms with Crippen LogP contribution in [0.4, 0.5) is 5.69 Å². The summed E-state index contributed by atoms with van der Waals surface area (Å²) in [5, 5.41) is 3.10. The summed E-state index contributed by atoms with van der Waals surface area (Å²) in [4.78, 5) is 28.0. The minimum Gasteiger partial charge on any atom is -0.497 e. The monoisotopic (exact) mass is 591 g/mol. The lowest BCUT2D eigenvalue weighted by molar-refractivity contribution is -0.139. The van der Waals surface area contributed by atoms with Crippen LogP contribution in [0.2, 0.25) is 10.0 Å². The minimum atomic E-state index is -4.21. The Hall–Kier alpha value is -3.27. The highest BCUT2D eigenvalue weighted by Crippen LogP contribution is 2.31. The van der Waals surface area contributed by atoms with Crippen molar-refractivity contribution in [2.45, 2.75) is 38.3 Å². The normalized spacial score (nSPS) is 11.9. The van der Waals surface area contributed by atoms with E-state index in [4.69, 9.17) is 27.9 Å². The molecule has 3 aromatic rings. The summed E-state index contributed by atoms with van der Waals surface area (Å²) >= 11 is 12.3. The van der Waals surface area contributed by atoms with E-state index in [2.05, 4.69) is 5.32 Å². The van der Waals surface area contributed by atoms with E-state index in [1.165, 1.54) is 42.3 Å².